The molecule has 2 N–H and O–H groups in total. The molecule has 0 radical (unpaired) electrons. The van der Waals surface area contributed by atoms with E-state index in [0.29, 0.717) is 55.2 Å². The molecule has 3 rings (SSSR count). The summed E-state index contributed by atoms with van der Waals surface area (Å²) in [6.45, 7) is 6.73. The van der Waals surface area contributed by atoms with Crippen molar-refractivity contribution in [2.45, 2.75) is 20.4 Å². The summed E-state index contributed by atoms with van der Waals surface area (Å²) in [5.41, 5.74) is 9.45. The number of nitro benzene ring substituents is 2. The fraction of sp³-hybridized carbons (Fsp3) is 0.368. The van der Waals surface area contributed by atoms with Crippen LogP contribution in [0.2, 0.25) is 0 Å². The zero-order valence-corrected chi connectivity index (χ0v) is 15.9. The summed E-state index contributed by atoms with van der Waals surface area (Å²) in [5.74, 6) is 0. The fourth-order valence-corrected chi connectivity index (χ4v) is 3.45. The second-order valence-electron chi connectivity index (χ2n) is 7.10. The van der Waals surface area contributed by atoms with Gasteiger partial charge in [0.2, 0.25) is 0 Å². The van der Waals surface area contributed by atoms with Crippen molar-refractivity contribution in [2.75, 3.05) is 36.8 Å². The Hall–Kier alpha value is -3.20. The van der Waals surface area contributed by atoms with Crippen LogP contribution in [0.1, 0.15) is 16.7 Å². The number of nitrogen functional groups attached to an aromatic ring is 1. The molecule has 28 heavy (non-hydrogen) atoms. The minimum absolute atomic E-state index is 0.0642. The van der Waals surface area contributed by atoms with Crippen molar-refractivity contribution < 1.29 is 9.85 Å². The van der Waals surface area contributed by atoms with Crippen molar-refractivity contribution in [1.82, 2.24) is 4.90 Å². The number of rotatable bonds is 5. The molecular weight excluding hydrogens is 362 g/mol. The van der Waals surface area contributed by atoms with Gasteiger partial charge in [0.15, 0.2) is 0 Å². The quantitative estimate of drug-likeness (QED) is 0.477. The van der Waals surface area contributed by atoms with E-state index in [-0.39, 0.29) is 21.2 Å². The maximum absolute atomic E-state index is 11.4. The first-order chi connectivity index (χ1) is 13.3. The van der Waals surface area contributed by atoms with Crippen molar-refractivity contribution in [1.29, 1.82) is 0 Å². The van der Waals surface area contributed by atoms with Gasteiger partial charge in [-0.2, -0.15) is 0 Å². The highest BCUT2D eigenvalue weighted by molar-refractivity contribution is 5.71. The Balaban J connectivity index is 1.70. The van der Waals surface area contributed by atoms with Crippen molar-refractivity contribution in [3.63, 3.8) is 0 Å². The molecule has 2 aromatic rings. The highest BCUT2D eigenvalue weighted by Crippen LogP contribution is 2.33. The number of nitrogens with two attached hydrogens (primary N) is 1. The second kappa shape index (κ2) is 7.81. The predicted molar refractivity (Wildman–Crippen MR) is 108 cm³/mol. The standard InChI is InChI=1S/C19H23N5O4/c1-13-3-4-15(10-17(13)23(25)26)12-21-5-7-22(8-6-21)18-11-16(20)14(2)9-19(18)24(27)28/h3-4,9-11H,5-8,12,20H2,1-2H3. The number of anilines is 2. The molecule has 0 aromatic heterocycles. The number of aryl methyl sites for hydroxylation is 2. The normalized spacial score (nSPS) is 14.9. The Morgan fingerprint density at radius 3 is 2.18 bits per heavy atom. The largest absolute Gasteiger partial charge is 0.398 e. The molecule has 0 bridgehead atoms. The molecule has 1 fully saturated rings. The smallest absolute Gasteiger partial charge is 0.292 e. The van der Waals surface area contributed by atoms with Crippen molar-refractivity contribution in [3.05, 3.63) is 67.3 Å². The zero-order chi connectivity index (χ0) is 20.4. The Kier molecular flexibility index (Phi) is 5.46. The van der Waals surface area contributed by atoms with Gasteiger partial charge in [-0.25, -0.2) is 0 Å². The van der Waals surface area contributed by atoms with Crippen LogP contribution in [0.3, 0.4) is 0 Å². The van der Waals surface area contributed by atoms with E-state index in [4.69, 9.17) is 5.73 Å². The van der Waals surface area contributed by atoms with Gasteiger partial charge in [-0.3, -0.25) is 25.1 Å². The first-order valence-electron chi connectivity index (χ1n) is 9.02. The average molecular weight is 385 g/mol. The highest BCUT2D eigenvalue weighted by atomic mass is 16.6. The number of hydrogen-bond donors (Lipinski definition) is 1. The van der Waals surface area contributed by atoms with Crippen LogP contribution in [-0.2, 0) is 6.54 Å². The van der Waals surface area contributed by atoms with Gasteiger partial charge in [-0.1, -0.05) is 12.1 Å². The van der Waals surface area contributed by atoms with Crippen LogP contribution >= 0.6 is 0 Å². The molecule has 1 aliphatic rings. The molecular formula is C19H23N5O4. The summed E-state index contributed by atoms with van der Waals surface area (Å²) in [6.07, 6.45) is 0. The SMILES string of the molecule is Cc1cc([N+](=O)[O-])c(N2CCN(Cc3ccc(C)c([N+](=O)[O-])c3)CC2)cc1N. The summed E-state index contributed by atoms with van der Waals surface area (Å²) >= 11 is 0. The fourth-order valence-electron chi connectivity index (χ4n) is 3.45. The van der Waals surface area contributed by atoms with E-state index in [2.05, 4.69) is 4.90 Å². The Morgan fingerprint density at radius 2 is 1.57 bits per heavy atom. The summed E-state index contributed by atoms with van der Waals surface area (Å²) in [4.78, 5) is 26.0. The average Bonchev–Trinajstić information content (AvgIpc) is 2.65. The monoisotopic (exact) mass is 385 g/mol. The molecule has 0 amide bonds. The lowest BCUT2D eigenvalue weighted by molar-refractivity contribution is -0.385. The highest BCUT2D eigenvalue weighted by Gasteiger charge is 2.25. The van der Waals surface area contributed by atoms with Gasteiger partial charge in [0.1, 0.15) is 5.69 Å². The maximum Gasteiger partial charge on any atom is 0.292 e. The van der Waals surface area contributed by atoms with Crippen LogP contribution < -0.4 is 10.6 Å². The van der Waals surface area contributed by atoms with Gasteiger partial charge in [-0.15, -0.1) is 0 Å². The van der Waals surface area contributed by atoms with E-state index in [1.807, 2.05) is 11.0 Å². The molecule has 0 unspecified atom stereocenters. The third-order valence-electron chi connectivity index (χ3n) is 5.15. The van der Waals surface area contributed by atoms with Crippen LogP contribution in [0.15, 0.2) is 30.3 Å². The molecule has 0 spiro atoms. The number of nitrogens with zero attached hydrogens (tertiary/aromatic N) is 4. The minimum atomic E-state index is -0.375. The molecule has 1 saturated heterocycles. The first kappa shape index (κ1) is 19.6. The molecule has 0 atom stereocenters. The summed E-state index contributed by atoms with van der Waals surface area (Å²) < 4.78 is 0. The van der Waals surface area contributed by atoms with Crippen LogP contribution in [0.5, 0.6) is 0 Å². The molecule has 2 aromatic carbocycles. The van der Waals surface area contributed by atoms with E-state index in [1.54, 1.807) is 32.0 Å². The van der Waals surface area contributed by atoms with Crippen LogP contribution in [0.4, 0.5) is 22.7 Å². The predicted octanol–water partition coefficient (Wildman–Crippen LogP) is 3.02. The lowest BCUT2D eigenvalue weighted by Gasteiger charge is -2.36. The van der Waals surface area contributed by atoms with Crippen LogP contribution in [0, 0.1) is 34.1 Å². The number of piperazine rings is 1. The van der Waals surface area contributed by atoms with Gasteiger partial charge in [0.25, 0.3) is 11.4 Å². The van der Waals surface area contributed by atoms with Gasteiger partial charge >= 0.3 is 0 Å². The molecule has 0 aliphatic carbocycles. The van der Waals surface area contributed by atoms with Crippen molar-refractivity contribution in [3.8, 4) is 0 Å². The van der Waals surface area contributed by atoms with Crippen molar-refractivity contribution in [2.24, 2.45) is 0 Å². The summed E-state index contributed by atoms with van der Waals surface area (Å²) in [7, 11) is 0. The molecule has 0 saturated carbocycles. The molecule has 1 aliphatic heterocycles. The summed E-state index contributed by atoms with van der Waals surface area (Å²) in [5, 5.41) is 22.5. The van der Waals surface area contributed by atoms with Crippen LogP contribution in [0.25, 0.3) is 0 Å². The maximum atomic E-state index is 11.4. The Bertz CT molecular complexity index is 923. The van der Waals surface area contributed by atoms with Gasteiger partial charge in [0.05, 0.1) is 9.85 Å². The van der Waals surface area contributed by atoms with Crippen molar-refractivity contribution >= 4 is 22.7 Å². The molecule has 9 heteroatoms. The third kappa shape index (κ3) is 4.04. The van der Waals surface area contributed by atoms with Crippen LogP contribution in [-0.4, -0.2) is 40.9 Å². The van der Waals surface area contributed by atoms with Gasteiger partial charge in [0, 0.05) is 56.1 Å². The number of benzene rings is 2. The third-order valence-corrected chi connectivity index (χ3v) is 5.15. The Morgan fingerprint density at radius 1 is 0.929 bits per heavy atom. The summed E-state index contributed by atoms with van der Waals surface area (Å²) in [6, 6.07) is 8.48. The second-order valence-corrected chi connectivity index (χ2v) is 7.10. The lowest BCUT2D eigenvalue weighted by atomic mass is 10.1. The number of nitro groups is 2. The van der Waals surface area contributed by atoms with E-state index >= 15 is 0 Å². The topological polar surface area (TPSA) is 119 Å². The van der Waals surface area contributed by atoms with Gasteiger partial charge in [-0.05, 0) is 31.0 Å². The van der Waals surface area contributed by atoms with E-state index in [9.17, 15) is 20.2 Å². The molecule has 1 heterocycles. The number of hydrogen-bond acceptors (Lipinski definition) is 7. The van der Waals surface area contributed by atoms with E-state index in [1.165, 1.54) is 6.07 Å². The Labute approximate surface area is 162 Å². The van der Waals surface area contributed by atoms with E-state index in [0.717, 1.165) is 5.56 Å². The molecule has 148 valence electrons. The first-order valence-corrected chi connectivity index (χ1v) is 9.02. The minimum Gasteiger partial charge on any atom is -0.398 e. The lowest BCUT2D eigenvalue weighted by Crippen LogP contribution is -2.46. The molecule has 9 nitrogen and oxygen atoms in total. The van der Waals surface area contributed by atoms with E-state index < -0.39 is 0 Å². The van der Waals surface area contributed by atoms with Gasteiger partial charge < -0.3 is 10.6 Å². The zero-order valence-electron chi connectivity index (χ0n) is 15.9.